The number of hydrogen-bond acceptors (Lipinski definition) is 0. The van der Waals surface area contributed by atoms with Crippen LogP contribution in [0.4, 0.5) is 13.2 Å². The molecule has 0 aromatic heterocycles. The van der Waals surface area contributed by atoms with Crippen LogP contribution >= 0.6 is 0 Å². The quantitative estimate of drug-likeness (QED) is 0.685. The van der Waals surface area contributed by atoms with Crippen LogP contribution in [0.2, 0.25) is 0 Å². The number of halogens is 3. The van der Waals surface area contributed by atoms with Gasteiger partial charge in [-0.3, -0.25) is 0 Å². The Labute approximate surface area is 94.5 Å². The first-order valence-corrected chi connectivity index (χ1v) is 5.28. The molecule has 0 N–H and O–H groups in total. The number of hydrogen-bond donors (Lipinski definition) is 0. The third-order valence-corrected chi connectivity index (χ3v) is 2.57. The second kappa shape index (κ2) is 4.48. The summed E-state index contributed by atoms with van der Waals surface area (Å²) in [5.41, 5.74) is 0.117. The molecule has 0 aliphatic heterocycles. The number of alkyl halides is 3. The summed E-state index contributed by atoms with van der Waals surface area (Å²) in [5.74, 6) is -0.509. The van der Waals surface area contributed by atoms with E-state index < -0.39 is 11.7 Å². The van der Waals surface area contributed by atoms with Crippen LogP contribution in [0.15, 0.2) is 18.2 Å². The van der Waals surface area contributed by atoms with Crippen molar-refractivity contribution in [2.45, 2.75) is 38.8 Å². The van der Waals surface area contributed by atoms with E-state index in [4.69, 9.17) is 0 Å². The maximum atomic E-state index is 13.0. The molecule has 0 nitrogen and oxygen atoms in total. The highest BCUT2D eigenvalue weighted by Crippen LogP contribution is 2.39. The second-order valence-corrected chi connectivity index (χ2v) is 4.36. The molecule has 1 aromatic rings. The lowest BCUT2D eigenvalue weighted by Crippen LogP contribution is -2.14. The van der Waals surface area contributed by atoms with Crippen molar-refractivity contribution in [2.75, 3.05) is 0 Å². The first-order chi connectivity index (χ1) is 7.25. The van der Waals surface area contributed by atoms with Crippen molar-refractivity contribution in [2.24, 2.45) is 0 Å². The molecule has 0 saturated heterocycles. The van der Waals surface area contributed by atoms with E-state index in [9.17, 15) is 13.2 Å². The van der Waals surface area contributed by atoms with Gasteiger partial charge in [0.15, 0.2) is 0 Å². The van der Waals surface area contributed by atoms with E-state index >= 15 is 0 Å². The van der Waals surface area contributed by atoms with Crippen LogP contribution in [0.3, 0.4) is 0 Å². The van der Waals surface area contributed by atoms with Gasteiger partial charge in [-0.25, -0.2) is 0 Å². The lowest BCUT2D eigenvalue weighted by atomic mass is 9.88. The predicted molar refractivity (Wildman–Crippen MR) is 59.3 cm³/mol. The van der Waals surface area contributed by atoms with Crippen LogP contribution in [0.5, 0.6) is 0 Å². The SMILES string of the molecule is [CH2]C(C)c1cccc(C(C)C)c1C(F)(F)F. The number of benzene rings is 1. The van der Waals surface area contributed by atoms with Gasteiger partial charge < -0.3 is 0 Å². The van der Waals surface area contributed by atoms with Crippen LogP contribution in [0.25, 0.3) is 0 Å². The molecule has 0 spiro atoms. The Morgan fingerprint density at radius 1 is 1.06 bits per heavy atom. The third kappa shape index (κ3) is 2.57. The number of rotatable bonds is 2. The Kier molecular flexibility index (Phi) is 3.66. The standard InChI is InChI=1S/C13H16F3/c1-8(2)10-6-5-7-11(9(3)4)12(10)13(14,15)16/h5-9H,1H2,2-4H3. The van der Waals surface area contributed by atoms with Gasteiger partial charge in [-0.2, -0.15) is 13.2 Å². The van der Waals surface area contributed by atoms with Crippen LogP contribution in [0, 0.1) is 6.92 Å². The molecule has 1 radical (unpaired) electrons. The lowest BCUT2D eigenvalue weighted by Gasteiger charge is -2.21. The minimum absolute atomic E-state index is 0.143. The van der Waals surface area contributed by atoms with E-state index in [0.717, 1.165) is 0 Å². The molecule has 1 unspecified atom stereocenters. The molecule has 0 amide bonds. The summed E-state index contributed by atoms with van der Waals surface area (Å²) in [7, 11) is 0. The summed E-state index contributed by atoms with van der Waals surface area (Å²) >= 11 is 0. The highest BCUT2D eigenvalue weighted by Gasteiger charge is 2.36. The van der Waals surface area contributed by atoms with Gasteiger partial charge in [0.1, 0.15) is 0 Å². The van der Waals surface area contributed by atoms with Gasteiger partial charge in [-0.05, 0) is 29.9 Å². The Morgan fingerprint density at radius 3 is 1.94 bits per heavy atom. The zero-order valence-corrected chi connectivity index (χ0v) is 9.73. The van der Waals surface area contributed by atoms with Gasteiger partial charge in [-0.1, -0.05) is 39.0 Å². The van der Waals surface area contributed by atoms with E-state index in [1.165, 1.54) is 6.07 Å². The summed E-state index contributed by atoms with van der Waals surface area (Å²) in [4.78, 5) is 0. The molecule has 0 bridgehead atoms. The minimum atomic E-state index is -4.30. The summed E-state index contributed by atoms with van der Waals surface area (Å²) in [6.07, 6.45) is -4.30. The van der Waals surface area contributed by atoms with Crippen molar-refractivity contribution in [3.8, 4) is 0 Å². The average Bonchev–Trinajstić information content (AvgIpc) is 2.15. The first-order valence-electron chi connectivity index (χ1n) is 5.28. The van der Waals surface area contributed by atoms with Gasteiger partial charge in [0.05, 0.1) is 5.56 Å². The molecule has 1 aromatic carbocycles. The molecule has 0 heterocycles. The van der Waals surface area contributed by atoms with Crippen LogP contribution < -0.4 is 0 Å². The monoisotopic (exact) mass is 229 g/mol. The Bertz CT molecular complexity index is 336. The fourth-order valence-electron chi connectivity index (χ4n) is 1.81. The summed E-state index contributed by atoms with van der Waals surface area (Å²) in [6.45, 7) is 8.89. The fraction of sp³-hybridized carbons (Fsp3) is 0.462. The molecule has 3 heteroatoms. The van der Waals surface area contributed by atoms with Crippen LogP contribution in [-0.2, 0) is 6.18 Å². The van der Waals surface area contributed by atoms with E-state index in [-0.39, 0.29) is 17.4 Å². The normalized spacial score (nSPS) is 12.6. The van der Waals surface area contributed by atoms with Gasteiger partial charge >= 0.3 is 6.18 Å². The molecular weight excluding hydrogens is 213 g/mol. The van der Waals surface area contributed by atoms with E-state index in [0.29, 0.717) is 5.56 Å². The molecule has 16 heavy (non-hydrogen) atoms. The van der Waals surface area contributed by atoms with Gasteiger partial charge in [-0.15, -0.1) is 0 Å². The summed E-state index contributed by atoms with van der Waals surface area (Å²) in [5, 5.41) is 0. The van der Waals surface area contributed by atoms with Gasteiger partial charge in [0, 0.05) is 0 Å². The lowest BCUT2D eigenvalue weighted by molar-refractivity contribution is -0.139. The predicted octanol–water partition coefficient (Wildman–Crippen LogP) is 4.77. The van der Waals surface area contributed by atoms with Crippen molar-refractivity contribution in [3.63, 3.8) is 0 Å². The molecule has 0 fully saturated rings. The van der Waals surface area contributed by atoms with Gasteiger partial charge in [0.25, 0.3) is 0 Å². The average molecular weight is 229 g/mol. The third-order valence-electron chi connectivity index (χ3n) is 2.57. The minimum Gasteiger partial charge on any atom is -0.166 e. The van der Waals surface area contributed by atoms with Crippen molar-refractivity contribution in [1.29, 1.82) is 0 Å². The highest BCUT2D eigenvalue weighted by atomic mass is 19.4. The maximum absolute atomic E-state index is 13.0. The summed E-state index contributed by atoms with van der Waals surface area (Å²) < 4.78 is 39.0. The Balaban J connectivity index is 3.48. The highest BCUT2D eigenvalue weighted by molar-refractivity contribution is 5.41. The molecule has 0 aliphatic carbocycles. The molecule has 0 aliphatic rings. The van der Waals surface area contributed by atoms with Crippen molar-refractivity contribution < 1.29 is 13.2 Å². The van der Waals surface area contributed by atoms with Gasteiger partial charge in [0.2, 0.25) is 0 Å². The Hall–Kier alpha value is -0.990. The second-order valence-electron chi connectivity index (χ2n) is 4.36. The molecule has 1 rings (SSSR count). The van der Waals surface area contributed by atoms with Crippen LogP contribution in [0.1, 0.15) is 49.3 Å². The van der Waals surface area contributed by atoms with Crippen molar-refractivity contribution in [1.82, 2.24) is 0 Å². The fourth-order valence-corrected chi connectivity index (χ4v) is 1.81. The van der Waals surface area contributed by atoms with E-state index in [1.807, 2.05) is 0 Å². The zero-order chi connectivity index (χ0) is 12.5. The first kappa shape index (κ1) is 13.1. The maximum Gasteiger partial charge on any atom is 0.416 e. The van der Waals surface area contributed by atoms with Crippen LogP contribution in [-0.4, -0.2) is 0 Å². The van der Waals surface area contributed by atoms with Crippen molar-refractivity contribution >= 4 is 0 Å². The smallest absolute Gasteiger partial charge is 0.166 e. The molecule has 0 saturated carbocycles. The molecular formula is C13H16F3. The zero-order valence-electron chi connectivity index (χ0n) is 9.73. The largest absolute Gasteiger partial charge is 0.416 e. The topological polar surface area (TPSA) is 0 Å². The molecule has 89 valence electrons. The van der Waals surface area contributed by atoms with E-state index in [2.05, 4.69) is 6.92 Å². The Morgan fingerprint density at radius 2 is 1.56 bits per heavy atom. The molecule has 1 atom stereocenters. The summed E-state index contributed by atoms with van der Waals surface area (Å²) in [6, 6.07) is 4.72. The van der Waals surface area contributed by atoms with Crippen molar-refractivity contribution in [3.05, 3.63) is 41.8 Å². The van der Waals surface area contributed by atoms with E-state index in [1.54, 1.807) is 32.9 Å².